The second-order valence-corrected chi connectivity index (χ2v) is 3.50. The SMILES string of the molecule is O=C1C=C(OC2=CC(=O)CC(=O)N2)NC(=O)C1. The third-order valence-electron chi connectivity index (χ3n) is 2.00. The lowest BCUT2D eigenvalue weighted by Crippen LogP contribution is -2.35. The molecule has 2 N–H and O–H groups in total. The summed E-state index contributed by atoms with van der Waals surface area (Å²) < 4.78 is 5.03. The van der Waals surface area contributed by atoms with Gasteiger partial charge in [-0.05, 0) is 0 Å². The van der Waals surface area contributed by atoms with Crippen LogP contribution in [-0.4, -0.2) is 23.4 Å². The minimum atomic E-state index is -0.499. The quantitative estimate of drug-likeness (QED) is 0.590. The van der Waals surface area contributed by atoms with Gasteiger partial charge in [-0.1, -0.05) is 0 Å². The summed E-state index contributed by atoms with van der Waals surface area (Å²) in [4.78, 5) is 44.2. The largest absolute Gasteiger partial charge is 0.424 e. The molecule has 2 rings (SSSR count). The van der Waals surface area contributed by atoms with Crippen molar-refractivity contribution in [2.45, 2.75) is 12.8 Å². The topological polar surface area (TPSA) is 102 Å². The molecule has 0 aromatic carbocycles. The van der Waals surface area contributed by atoms with Crippen molar-refractivity contribution < 1.29 is 23.9 Å². The molecule has 2 aliphatic heterocycles. The zero-order valence-electron chi connectivity index (χ0n) is 8.61. The van der Waals surface area contributed by atoms with Crippen molar-refractivity contribution in [1.29, 1.82) is 0 Å². The molecule has 0 radical (unpaired) electrons. The van der Waals surface area contributed by atoms with Crippen molar-refractivity contribution in [1.82, 2.24) is 10.6 Å². The summed E-state index contributed by atoms with van der Waals surface area (Å²) in [6.45, 7) is 0. The highest BCUT2D eigenvalue weighted by Gasteiger charge is 2.22. The highest BCUT2D eigenvalue weighted by molar-refractivity contribution is 6.07. The van der Waals surface area contributed by atoms with E-state index in [0.29, 0.717) is 0 Å². The van der Waals surface area contributed by atoms with Crippen LogP contribution in [0.4, 0.5) is 0 Å². The van der Waals surface area contributed by atoms with Crippen LogP contribution in [0.2, 0.25) is 0 Å². The number of nitrogens with one attached hydrogen (secondary N) is 2. The first-order chi connectivity index (χ1) is 8.02. The normalized spacial score (nSPS) is 20.2. The molecule has 2 amide bonds. The lowest BCUT2D eigenvalue weighted by Gasteiger charge is -2.18. The van der Waals surface area contributed by atoms with Gasteiger partial charge in [0.25, 0.3) is 0 Å². The van der Waals surface area contributed by atoms with E-state index in [1.165, 1.54) is 0 Å². The Morgan fingerprint density at radius 1 is 0.824 bits per heavy atom. The number of ketones is 2. The molecule has 0 aliphatic carbocycles. The molecule has 0 unspecified atom stereocenters. The summed E-state index contributed by atoms with van der Waals surface area (Å²) >= 11 is 0. The molecule has 2 heterocycles. The molecule has 88 valence electrons. The number of hydrogen-bond acceptors (Lipinski definition) is 5. The molecule has 0 spiro atoms. The van der Waals surface area contributed by atoms with Crippen molar-refractivity contribution >= 4 is 23.4 Å². The highest BCUT2D eigenvalue weighted by Crippen LogP contribution is 2.10. The van der Waals surface area contributed by atoms with E-state index in [1.54, 1.807) is 0 Å². The number of amides is 2. The van der Waals surface area contributed by atoms with Crippen molar-refractivity contribution in [2.75, 3.05) is 0 Å². The van der Waals surface area contributed by atoms with Gasteiger partial charge in [0.2, 0.25) is 23.6 Å². The Labute approximate surface area is 95.5 Å². The Hall–Kier alpha value is -2.44. The van der Waals surface area contributed by atoms with Gasteiger partial charge in [0, 0.05) is 12.2 Å². The molecular weight excluding hydrogens is 228 g/mol. The number of allylic oxidation sites excluding steroid dienone is 2. The molecule has 2 aliphatic rings. The summed E-state index contributed by atoms with van der Waals surface area (Å²) in [5, 5.41) is 4.60. The minimum Gasteiger partial charge on any atom is -0.424 e. The fourth-order valence-corrected chi connectivity index (χ4v) is 1.37. The fourth-order valence-electron chi connectivity index (χ4n) is 1.37. The molecule has 17 heavy (non-hydrogen) atoms. The number of carbonyl (C=O) groups is 4. The molecule has 0 aromatic heterocycles. The van der Waals surface area contributed by atoms with Gasteiger partial charge >= 0.3 is 0 Å². The van der Waals surface area contributed by atoms with E-state index < -0.39 is 23.4 Å². The Bertz CT molecular complexity index is 445. The lowest BCUT2D eigenvalue weighted by molar-refractivity contribution is -0.127. The molecule has 7 heteroatoms. The first kappa shape index (κ1) is 11.1. The smallest absolute Gasteiger partial charge is 0.234 e. The Balaban J connectivity index is 2.11. The number of hydrogen-bond donors (Lipinski definition) is 2. The van der Waals surface area contributed by atoms with Crippen LogP contribution in [0.1, 0.15) is 12.8 Å². The van der Waals surface area contributed by atoms with E-state index in [4.69, 9.17) is 4.74 Å². The number of rotatable bonds is 2. The lowest BCUT2D eigenvalue weighted by atomic mass is 10.2. The van der Waals surface area contributed by atoms with Gasteiger partial charge in [-0.2, -0.15) is 0 Å². The predicted octanol–water partition coefficient (Wildman–Crippen LogP) is -1.14. The monoisotopic (exact) mass is 236 g/mol. The highest BCUT2D eigenvalue weighted by atomic mass is 16.5. The van der Waals surface area contributed by atoms with Gasteiger partial charge in [0.05, 0.1) is 12.8 Å². The van der Waals surface area contributed by atoms with Gasteiger partial charge in [-0.3, -0.25) is 29.8 Å². The van der Waals surface area contributed by atoms with E-state index in [-0.39, 0.29) is 24.6 Å². The second-order valence-electron chi connectivity index (χ2n) is 3.50. The van der Waals surface area contributed by atoms with Crippen molar-refractivity contribution in [3.8, 4) is 0 Å². The van der Waals surface area contributed by atoms with E-state index >= 15 is 0 Å². The summed E-state index contributed by atoms with van der Waals surface area (Å²) in [5.74, 6) is -2.02. The molecule has 0 saturated carbocycles. The zero-order chi connectivity index (χ0) is 12.4. The van der Waals surface area contributed by atoms with Crippen LogP contribution < -0.4 is 10.6 Å². The minimum absolute atomic E-state index is 0.104. The van der Waals surface area contributed by atoms with Gasteiger partial charge < -0.3 is 4.74 Å². The Morgan fingerprint density at radius 2 is 1.24 bits per heavy atom. The average Bonchev–Trinajstić information content (AvgIpc) is 2.13. The van der Waals surface area contributed by atoms with Crippen LogP contribution >= 0.6 is 0 Å². The Kier molecular flexibility index (Phi) is 2.73. The first-order valence-electron chi connectivity index (χ1n) is 4.79. The van der Waals surface area contributed by atoms with Gasteiger partial charge in [0.15, 0.2) is 11.6 Å². The van der Waals surface area contributed by atoms with Crippen LogP contribution in [-0.2, 0) is 23.9 Å². The summed E-state index contributed by atoms with van der Waals surface area (Å²) in [5.41, 5.74) is 0. The predicted molar refractivity (Wildman–Crippen MR) is 52.8 cm³/mol. The third kappa shape index (κ3) is 2.77. The van der Waals surface area contributed by atoms with Crippen molar-refractivity contribution in [3.05, 3.63) is 23.9 Å². The molecule has 0 aromatic rings. The van der Waals surface area contributed by atoms with Gasteiger partial charge in [-0.25, -0.2) is 0 Å². The van der Waals surface area contributed by atoms with Gasteiger partial charge in [-0.15, -0.1) is 0 Å². The maximum atomic E-state index is 11.1. The van der Waals surface area contributed by atoms with Crippen LogP contribution in [0, 0.1) is 0 Å². The van der Waals surface area contributed by atoms with E-state index in [1.807, 2.05) is 0 Å². The standard InChI is InChI=1S/C10H8N2O5/c13-5-1-7(15)11-9(3-5)17-10-4-6(14)2-8(16)12-10/h3-4H,1-2H2,(H,11,15)(H,12,16). The van der Waals surface area contributed by atoms with E-state index in [0.717, 1.165) is 12.2 Å². The van der Waals surface area contributed by atoms with Crippen LogP contribution in [0.5, 0.6) is 0 Å². The summed E-state index contributed by atoms with van der Waals surface area (Å²) in [7, 11) is 0. The third-order valence-corrected chi connectivity index (χ3v) is 2.00. The first-order valence-corrected chi connectivity index (χ1v) is 4.79. The maximum absolute atomic E-state index is 11.1. The molecule has 0 bridgehead atoms. The number of ether oxygens (including phenoxy) is 1. The molecule has 0 fully saturated rings. The average molecular weight is 236 g/mol. The maximum Gasteiger partial charge on any atom is 0.234 e. The van der Waals surface area contributed by atoms with Crippen molar-refractivity contribution in [3.63, 3.8) is 0 Å². The zero-order valence-corrected chi connectivity index (χ0v) is 8.61. The summed E-state index contributed by atoms with van der Waals surface area (Å²) in [6, 6.07) is 0. The number of carbonyl (C=O) groups excluding carboxylic acids is 4. The second kappa shape index (κ2) is 4.20. The molecular formula is C10H8N2O5. The van der Waals surface area contributed by atoms with Gasteiger partial charge in [0.1, 0.15) is 0 Å². The van der Waals surface area contributed by atoms with Crippen molar-refractivity contribution in [2.24, 2.45) is 0 Å². The van der Waals surface area contributed by atoms with Crippen LogP contribution in [0.3, 0.4) is 0 Å². The molecule has 0 atom stereocenters. The van der Waals surface area contributed by atoms with Crippen LogP contribution in [0.15, 0.2) is 23.9 Å². The van der Waals surface area contributed by atoms with E-state index in [2.05, 4.69) is 10.6 Å². The molecule has 7 nitrogen and oxygen atoms in total. The summed E-state index contributed by atoms with van der Waals surface area (Å²) in [6.07, 6.45) is 1.70. The molecule has 0 saturated heterocycles. The fraction of sp³-hybridized carbons (Fsp3) is 0.200. The van der Waals surface area contributed by atoms with Crippen LogP contribution in [0.25, 0.3) is 0 Å². The Morgan fingerprint density at radius 3 is 1.59 bits per heavy atom. The van der Waals surface area contributed by atoms with E-state index in [9.17, 15) is 19.2 Å².